The van der Waals surface area contributed by atoms with Crippen molar-refractivity contribution in [2.75, 3.05) is 6.54 Å². The summed E-state index contributed by atoms with van der Waals surface area (Å²) in [7, 11) is 0. The number of para-hydroxylation sites is 2. The van der Waals surface area contributed by atoms with Crippen molar-refractivity contribution in [3.8, 4) is 5.75 Å². The van der Waals surface area contributed by atoms with E-state index in [1.165, 1.54) is 11.8 Å². The van der Waals surface area contributed by atoms with Crippen LogP contribution >= 0.6 is 11.8 Å². The minimum Gasteiger partial charge on any atom is -0.488 e. The van der Waals surface area contributed by atoms with Gasteiger partial charge in [-0.1, -0.05) is 61.9 Å². The lowest BCUT2D eigenvalue weighted by Crippen LogP contribution is -2.30. The number of hydrogen-bond donors (Lipinski definition) is 1. The summed E-state index contributed by atoms with van der Waals surface area (Å²) in [5.41, 5.74) is 2.69. The number of carboxylic acid groups (broad SMARTS) is 1. The van der Waals surface area contributed by atoms with Gasteiger partial charge in [0, 0.05) is 12.1 Å². The lowest BCUT2D eigenvalue weighted by atomic mass is 10.1. The first-order valence-electron chi connectivity index (χ1n) is 11.4. The summed E-state index contributed by atoms with van der Waals surface area (Å²) in [5, 5.41) is 9.74. The van der Waals surface area contributed by atoms with Gasteiger partial charge in [-0.15, -0.1) is 0 Å². The molecule has 1 fully saturated rings. The minimum atomic E-state index is -0.962. The van der Waals surface area contributed by atoms with Gasteiger partial charge in [-0.2, -0.15) is 0 Å². The van der Waals surface area contributed by atoms with E-state index in [9.17, 15) is 9.59 Å². The van der Waals surface area contributed by atoms with Crippen LogP contribution in [0.3, 0.4) is 0 Å². The van der Waals surface area contributed by atoms with Crippen molar-refractivity contribution in [1.29, 1.82) is 0 Å². The van der Waals surface area contributed by atoms with Crippen molar-refractivity contribution < 1.29 is 19.4 Å². The van der Waals surface area contributed by atoms with Crippen LogP contribution in [-0.2, 0) is 11.4 Å². The van der Waals surface area contributed by atoms with Crippen LogP contribution in [0.2, 0.25) is 0 Å². The van der Waals surface area contributed by atoms with Crippen LogP contribution in [0.1, 0.15) is 41.3 Å². The summed E-state index contributed by atoms with van der Waals surface area (Å²) in [6.45, 7) is 3.00. The fraction of sp³-hybridized carbons (Fsp3) is 0.179. The number of unbranched alkanes of at least 4 members (excludes halogenated alkanes) is 1. The second kappa shape index (κ2) is 11.5. The van der Waals surface area contributed by atoms with Gasteiger partial charge in [-0.05, 0) is 60.2 Å². The van der Waals surface area contributed by atoms with Gasteiger partial charge >= 0.3 is 5.97 Å². The van der Waals surface area contributed by atoms with E-state index in [0.717, 1.165) is 29.7 Å². The molecular weight excluding hydrogens is 460 g/mol. The van der Waals surface area contributed by atoms with Gasteiger partial charge in [-0.25, -0.2) is 9.79 Å². The third-order valence-electron chi connectivity index (χ3n) is 5.41. The standard InChI is InChI=1S/C28H26N2O4S/c1-2-3-17-30-26(31)25(35-28(30)29-23-10-5-4-6-11-23)18-22-9-7-8-12-24(22)34-19-20-13-15-21(16-14-20)27(32)33/h4-16,18H,2-3,17,19H2,1H3,(H,32,33)/b25-18-,29-28?. The molecule has 3 aromatic carbocycles. The Balaban J connectivity index is 1.56. The topological polar surface area (TPSA) is 79.2 Å². The molecule has 3 aromatic rings. The van der Waals surface area contributed by atoms with E-state index in [-0.39, 0.29) is 18.1 Å². The van der Waals surface area contributed by atoms with Gasteiger partial charge in [0.15, 0.2) is 5.17 Å². The zero-order valence-corrected chi connectivity index (χ0v) is 20.2. The highest BCUT2D eigenvalue weighted by atomic mass is 32.2. The average Bonchev–Trinajstić information content (AvgIpc) is 3.16. The van der Waals surface area contributed by atoms with Crippen LogP contribution < -0.4 is 4.74 Å². The lowest BCUT2D eigenvalue weighted by molar-refractivity contribution is -0.122. The van der Waals surface area contributed by atoms with E-state index >= 15 is 0 Å². The molecule has 7 heteroatoms. The fourth-order valence-electron chi connectivity index (χ4n) is 3.49. The number of carbonyl (C=O) groups excluding carboxylic acids is 1. The van der Waals surface area contributed by atoms with Crippen molar-refractivity contribution >= 4 is 40.6 Å². The van der Waals surface area contributed by atoms with Gasteiger partial charge in [0.05, 0.1) is 16.2 Å². The molecule has 35 heavy (non-hydrogen) atoms. The Labute approximate surface area is 209 Å². The number of aromatic carboxylic acids is 1. The van der Waals surface area contributed by atoms with Gasteiger partial charge in [0.1, 0.15) is 12.4 Å². The fourth-order valence-corrected chi connectivity index (χ4v) is 4.51. The molecule has 4 rings (SSSR count). The van der Waals surface area contributed by atoms with Gasteiger partial charge in [0.2, 0.25) is 0 Å². The van der Waals surface area contributed by atoms with E-state index < -0.39 is 5.97 Å². The molecule has 0 aliphatic carbocycles. The number of carbonyl (C=O) groups is 2. The van der Waals surface area contributed by atoms with Crippen molar-refractivity contribution in [2.45, 2.75) is 26.4 Å². The molecule has 6 nitrogen and oxygen atoms in total. The van der Waals surface area contributed by atoms with Crippen molar-refractivity contribution in [1.82, 2.24) is 4.90 Å². The molecule has 0 saturated carbocycles. The molecule has 1 amide bonds. The monoisotopic (exact) mass is 486 g/mol. The quantitative estimate of drug-likeness (QED) is 0.356. The number of amides is 1. The molecule has 1 saturated heterocycles. The number of hydrogen-bond acceptors (Lipinski definition) is 5. The van der Waals surface area contributed by atoms with Crippen LogP contribution in [0.25, 0.3) is 6.08 Å². The number of aliphatic imine (C=N–C) groups is 1. The second-order valence-corrected chi connectivity index (χ2v) is 8.99. The Bertz CT molecular complexity index is 1250. The van der Waals surface area contributed by atoms with E-state index in [4.69, 9.17) is 14.8 Å². The Morgan fingerprint density at radius 2 is 1.74 bits per heavy atom. The van der Waals surface area contributed by atoms with Crippen LogP contribution in [0.15, 0.2) is 88.8 Å². The Morgan fingerprint density at radius 1 is 1.03 bits per heavy atom. The Kier molecular flexibility index (Phi) is 8.00. The summed E-state index contributed by atoms with van der Waals surface area (Å²) < 4.78 is 6.03. The zero-order valence-electron chi connectivity index (χ0n) is 19.4. The molecule has 0 unspecified atom stereocenters. The highest BCUT2D eigenvalue weighted by molar-refractivity contribution is 8.18. The molecule has 1 aliphatic heterocycles. The van der Waals surface area contributed by atoms with E-state index in [2.05, 4.69) is 6.92 Å². The number of carboxylic acids is 1. The molecular formula is C28H26N2O4S. The lowest BCUT2D eigenvalue weighted by Gasteiger charge is -2.14. The first-order valence-corrected chi connectivity index (χ1v) is 12.3. The van der Waals surface area contributed by atoms with Gasteiger partial charge in [-0.3, -0.25) is 9.69 Å². The van der Waals surface area contributed by atoms with Crippen LogP contribution in [0, 0.1) is 0 Å². The second-order valence-electron chi connectivity index (χ2n) is 7.98. The summed E-state index contributed by atoms with van der Waals surface area (Å²) in [5.74, 6) is -0.377. The molecule has 0 aromatic heterocycles. The molecule has 1 N–H and O–H groups in total. The van der Waals surface area contributed by atoms with E-state index in [1.807, 2.05) is 60.7 Å². The smallest absolute Gasteiger partial charge is 0.335 e. The first-order chi connectivity index (χ1) is 17.0. The number of amidine groups is 1. The average molecular weight is 487 g/mol. The molecule has 0 atom stereocenters. The molecule has 178 valence electrons. The minimum absolute atomic E-state index is 0.0582. The summed E-state index contributed by atoms with van der Waals surface area (Å²) in [6.07, 6.45) is 3.73. The van der Waals surface area contributed by atoms with Crippen LogP contribution in [0.4, 0.5) is 5.69 Å². The molecule has 0 spiro atoms. The SMILES string of the molecule is CCCCN1C(=O)/C(=C/c2ccccc2OCc2ccc(C(=O)O)cc2)SC1=Nc1ccccc1. The Morgan fingerprint density at radius 3 is 2.46 bits per heavy atom. The largest absolute Gasteiger partial charge is 0.488 e. The summed E-state index contributed by atoms with van der Waals surface area (Å²) >= 11 is 1.37. The van der Waals surface area contributed by atoms with Gasteiger partial charge < -0.3 is 9.84 Å². The van der Waals surface area contributed by atoms with Crippen LogP contribution in [-0.4, -0.2) is 33.6 Å². The highest BCUT2D eigenvalue weighted by Gasteiger charge is 2.33. The number of rotatable bonds is 9. The maximum absolute atomic E-state index is 13.3. The summed E-state index contributed by atoms with van der Waals surface area (Å²) in [6, 6.07) is 23.8. The van der Waals surface area contributed by atoms with Crippen molar-refractivity contribution in [2.24, 2.45) is 4.99 Å². The Hall–Kier alpha value is -3.84. The maximum Gasteiger partial charge on any atom is 0.335 e. The molecule has 1 heterocycles. The molecule has 1 aliphatic rings. The predicted molar refractivity (Wildman–Crippen MR) is 140 cm³/mol. The van der Waals surface area contributed by atoms with E-state index in [0.29, 0.717) is 22.4 Å². The first kappa shape index (κ1) is 24.3. The number of benzene rings is 3. The molecule has 0 radical (unpaired) electrons. The molecule has 0 bridgehead atoms. The van der Waals surface area contributed by atoms with Crippen molar-refractivity contribution in [3.63, 3.8) is 0 Å². The third-order valence-corrected chi connectivity index (χ3v) is 6.41. The predicted octanol–water partition coefficient (Wildman–Crippen LogP) is 6.37. The normalized spacial score (nSPS) is 15.7. The maximum atomic E-state index is 13.3. The third kappa shape index (κ3) is 6.19. The van der Waals surface area contributed by atoms with Crippen molar-refractivity contribution in [3.05, 3.63) is 100 Å². The summed E-state index contributed by atoms with van der Waals surface area (Å²) in [4.78, 5) is 31.4. The number of nitrogens with zero attached hydrogens (tertiary/aromatic N) is 2. The number of thioether (sulfide) groups is 1. The van der Waals surface area contributed by atoms with E-state index in [1.54, 1.807) is 29.2 Å². The van der Waals surface area contributed by atoms with Gasteiger partial charge in [0.25, 0.3) is 5.91 Å². The highest BCUT2D eigenvalue weighted by Crippen LogP contribution is 2.35. The zero-order chi connectivity index (χ0) is 24.6. The van der Waals surface area contributed by atoms with Crippen LogP contribution in [0.5, 0.6) is 5.75 Å². The number of ether oxygens (including phenoxy) is 1.